The highest BCUT2D eigenvalue weighted by molar-refractivity contribution is 6.07. The summed E-state index contributed by atoms with van der Waals surface area (Å²) in [6, 6.07) is 7.54. The van der Waals surface area contributed by atoms with Gasteiger partial charge in [0.25, 0.3) is 5.91 Å². The van der Waals surface area contributed by atoms with Gasteiger partial charge in [0.05, 0.1) is 31.1 Å². The molecule has 3 saturated heterocycles. The molecule has 7 unspecified atom stereocenters. The zero-order valence-corrected chi connectivity index (χ0v) is 15.6. The van der Waals surface area contributed by atoms with E-state index in [1.807, 2.05) is 31.2 Å². The molecule has 4 fully saturated rings. The van der Waals surface area contributed by atoms with Crippen LogP contribution in [-0.2, 0) is 19.8 Å². The number of piperidine rings is 1. The van der Waals surface area contributed by atoms with Crippen molar-refractivity contribution in [1.29, 1.82) is 0 Å². The number of rotatable bonds is 2. The number of hydrogen-bond acceptors (Lipinski definition) is 6. The molecular weight excluding hydrogens is 348 g/mol. The Balaban J connectivity index is 1.71. The summed E-state index contributed by atoms with van der Waals surface area (Å²) in [5.74, 6) is -0.556. The fourth-order valence-corrected chi connectivity index (χ4v) is 6.09. The van der Waals surface area contributed by atoms with Crippen molar-refractivity contribution in [3.63, 3.8) is 0 Å². The van der Waals surface area contributed by atoms with Gasteiger partial charge in [0, 0.05) is 24.4 Å². The van der Waals surface area contributed by atoms with Gasteiger partial charge in [0.2, 0.25) is 0 Å². The molecular formula is C20H26N2O5. The van der Waals surface area contributed by atoms with Gasteiger partial charge >= 0.3 is 0 Å². The van der Waals surface area contributed by atoms with E-state index in [-0.39, 0.29) is 23.8 Å². The van der Waals surface area contributed by atoms with Crippen LogP contribution >= 0.6 is 0 Å². The van der Waals surface area contributed by atoms with Crippen molar-refractivity contribution in [2.24, 2.45) is 11.8 Å². The number of para-hydroxylation sites is 1. The minimum absolute atomic E-state index is 0.0159. The van der Waals surface area contributed by atoms with Gasteiger partial charge in [-0.2, -0.15) is 5.06 Å². The molecule has 1 aromatic carbocycles. The number of hydrogen-bond donors (Lipinski definition) is 3. The molecule has 27 heavy (non-hydrogen) atoms. The normalized spacial score (nSPS) is 45.3. The van der Waals surface area contributed by atoms with E-state index >= 15 is 0 Å². The average molecular weight is 374 g/mol. The van der Waals surface area contributed by atoms with Crippen LogP contribution in [0.3, 0.4) is 0 Å². The number of hydroxylamine groups is 1. The lowest BCUT2D eigenvalue weighted by atomic mass is 9.67. The number of carbonyl (C=O) groups excluding carboxylic acids is 1. The van der Waals surface area contributed by atoms with Crippen LogP contribution < -0.4 is 10.4 Å². The van der Waals surface area contributed by atoms with Crippen LogP contribution in [0, 0.1) is 11.8 Å². The van der Waals surface area contributed by atoms with Crippen molar-refractivity contribution < 1.29 is 24.6 Å². The molecule has 6 rings (SSSR count). The minimum Gasteiger partial charge on any atom is -0.390 e. The lowest BCUT2D eigenvalue weighted by Crippen LogP contribution is -2.67. The highest BCUT2D eigenvalue weighted by atomic mass is 16.7. The van der Waals surface area contributed by atoms with Gasteiger partial charge in [-0.3, -0.25) is 9.63 Å². The summed E-state index contributed by atoms with van der Waals surface area (Å²) in [7, 11) is 1.48. The number of amides is 1. The molecule has 7 heteroatoms. The van der Waals surface area contributed by atoms with Gasteiger partial charge in [-0.1, -0.05) is 25.1 Å². The number of ether oxygens (including phenoxy) is 1. The maximum atomic E-state index is 13.6. The van der Waals surface area contributed by atoms with Gasteiger partial charge in [0.1, 0.15) is 11.5 Å². The number of nitrogens with one attached hydrogen (secondary N) is 1. The number of fused-ring (bicyclic) bond motifs is 2. The van der Waals surface area contributed by atoms with Gasteiger partial charge < -0.3 is 20.3 Å². The fourth-order valence-electron chi connectivity index (χ4n) is 6.09. The number of nitrogens with zero attached hydrogens (tertiary/aromatic N) is 1. The molecule has 1 spiro atoms. The van der Waals surface area contributed by atoms with Crippen LogP contribution in [-0.4, -0.2) is 60.2 Å². The molecule has 1 aromatic rings. The maximum absolute atomic E-state index is 13.6. The average Bonchev–Trinajstić information content (AvgIpc) is 2.79. The summed E-state index contributed by atoms with van der Waals surface area (Å²) < 4.78 is 6.14. The van der Waals surface area contributed by atoms with Crippen molar-refractivity contribution in [3.05, 3.63) is 29.8 Å². The summed E-state index contributed by atoms with van der Waals surface area (Å²) >= 11 is 0. The van der Waals surface area contributed by atoms with Crippen LogP contribution in [0.15, 0.2) is 24.3 Å². The van der Waals surface area contributed by atoms with Gasteiger partial charge in [-0.05, 0) is 24.5 Å². The molecule has 4 bridgehead atoms. The standard InChI is InChI=1S/C20H26N2O5/c1-3-19(25)10-21-13-8-20(17-16(23)15(19)11(13)9-27-17)12-6-4-5-7-14(12)22(26-2)18(20)24/h4-7,11,13,15-17,21,23,25H,3,8-10H2,1-2H3. The minimum atomic E-state index is -1.02. The molecule has 1 aliphatic carbocycles. The van der Waals surface area contributed by atoms with E-state index in [4.69, 9.17) is 9.57 Å². The molecule has 4 heterocycles. The predicted octanol–water partition coefficient (Wildman–Crippen LogP) is 0.341. The first-order chi connectivity index (χ1) is 13.0. The Hall–Kier alpha value is -1.51. The van der Waals surface area contributed by atoms with Gasteiger partial charge in [-0.25, -0.2) is 0 Å². The van der Waals surface area contributed by atoms with E-state index < -0.39 is 23.2 Å². The van der Waals surface area contributed by atoms with Crippen molar-refractivity contribution >= 4 is 11.6 Å². The van der Waals surface area contributed by atoms with E-state index in [1.165, 1.54) is 12.2 Å². The molecule has 7 atom stereocenters. The summed E-state index contributed by atoms with van der Waals surface area (Å²) in [5, 5.41) is 27.3. The third-order valence-corrected chi connectivity index (χ3v) is 7.41. The summed E-state index contributed by atoms with van der Waals surface area (Å²) in [6.45, 7) is 2.78. The third-order valence-electron chi connectivity index (χ3n) is 7.41. The maximum Gasteiger partial charge on any atom is 0.264 e. The Morgan fingerprint density at radius 3 is 2.93 bits per heavy atom. The Kier molecular flexibility index (Phi) is 3.74. The molecule has 1 amide bonds. The van der Waals surface area contributed by atoms with Crippen LogP contribution in [0.4, 0.5) is 5.69 Å². The van der Waals surface area contributed by atoms with Crippen LogP contribution in [0.1, 0.15) is 25.3 Å². The zero-order chi connectivity index (χ0) is 19.0. The van der Waals surface area contributed by atoms with Gasteiger partial charge in [-0.15, -0.1) is 0 Å². The van der Waals surface area contributed by atoms with Crippen molar-refractivity contribution in [1.82, 2.24) is 5.32 Å². The van der Waals surface area contributed by atoms with E-state index in [2.05, 4.69) is 5.32 Å². The fraction of sp³-hybridized carbons (Fsp3) is 0.650. The molecule has 7 nitrogen and oxygen atoms in total. The second kappa shape index (κ2) is 5.75. The zero-order valence-electron chi connectivity index (χ0n) is 15.6. The van der Waals surface area contributed by atoms with E-state index in [0.29, 0.717) is 31.7 Å². The highest BCUT2D eigenvalue weighted by Crippen LogP contribution is 2.56. The lowest BCUT2D eigenvalue weighted by Gasteiger charge is -2.52. The summed E-state index contributed by atoms with van der Waals surface area (Å²) in [4.78, 5) is 19.0. The highest BCUT2D eigenvalue weighted by Gasteiger charge is 2.68. The smallest absolute Gasteiger partial charge is 0.264 e. The first kappa shape index (κ1) is 17.6. The third kappa shape index (κ3) is 2.01. The first-order valence-electron chi connectivity index (χ1n) is 9.71. The van der Waals surface area contributed by atoms with E-state index in [9.17, 15) is 15.0 Å². The Bertz CT molecular complexity index is 787. The number of aliphatic hydroxyl groups excluding tert-OH is 1. The monoisotopic (exact) mass is 374 g/mol. The molecule has 0 aromatic heterocycles. The largest absolute Gasteiger partial charge is 0.390 e. The number of aliphatic hydroxyl groups is 2. The molecule has 146 valence electrons. The van der Waals surface area contributed by atoms with Crippen molar-refractivity contribution in [3.8, 4) is 0 Å². The van der Waals surface area contributed by atoms with Crippen LogP contribution in [0.25, 0.3) is 0 Å². The van der Waals surface area contributed by atoms with E-state index in [0.717, 1.165) is 5.56 Å². The molecule has 1 saturated carbocycles. The second-order valence-corrected chi connectivity index (χ2v) is 8.35. The van der Waals surface area contributed by atoms with Crippen molar-refractivity contribution in [2.45, 2.75) is 49.0 Å². The molecule has 4 aliphatic heterocycles. The predicted molar refractivity (Wildman–Crippen MR) is 97.0 cm³/mol. The Morgan fingerprint density at radius 2 is 2.19 bits per heavy atom. The SMILES string of the molecule is CCC1(O)CNC2CC3(C(=O)N(OC)c4ccccc43)C3OCC2C1C3O. The van der Waals surface area contributed by atoms with Crippen LogP contribution in [0.2, 0.25) is 0 Å². The number of carbonyl (C=O) groups is 1. The topological polar surface area (TPSA) is 91.3 Å². The number of β-amino-alcohol motifs (C(OH)–C–C–N with tert-alkyl or cyclic N) is 1. The number of benzene rings is 1. The van der Waals surface area contributed by atoms with E-state index in [1.54, 1.807) is 0 Å². The Labute approximate surface area is 158 Å². The Morgan fingerprint density at radius 1 is 1.41 bits per heavy atom. The summed E-state index contributed by atoms with van der Waals surface area (Å²) in [6.07, 6.45) is -0.574. The quantitative estimate of drug-likeness (QED) is 0.692. The molecule has 0 radical (unpaired) electrons. The number of anilines is 1. The molecule has 3 N–H and O–H groups in total. The molecule has 5 aliphatic rings. The first-order valence-corrected chi connectivity index (χ1v) is 9.71. The summed E-state index contributed by atoms with van der Waals surface area (Å²) in [5.41, 5.74) is -0.495. The van der Waals surface area contributed by atoms with Crippen LogP contribution in [0.5, 0.6) is 0 Å². The van der Waals surface area contributed by atoms with Gasteiger partial charge in [0.15, 0.2) is 0 Å². The lowest BCUT2D eigenvalue weighted by molar-refractivity contribution is -0.207. The van der Waals surface area contributed by atoms with Crippen molar-refractivity contribution in [2.75, 3.05) is 25.3 Å². The second-order valence-electron chi connectivity index (χ2n) is 8.35.